The Balaban J connectivity index is 1.94. The van der Waals surface area contributed by atoms with E-state index in [1.54, 1.807) is 24.3 Å². The number of carbonyl (C=O) groups is 1. The summed E-state index contributed by atoms with van der Waals surface area (Å²) in [7, 11) is -0.133. The number of non-ortho nitro benzene ring substituents is 1. The highest BCUT2D eigenvalue weighted by Crippen LogP contribution is 2.45. The summed E-state index contributed by atoms with van der Waals surface area (Å²) in [5, 5.41) is 9.89. The first-order chi connectivity index (χ1) is 18.7. The molecule has 0 spiro atoms. The quantitative estimate of drug-likeness (QED) is 0.212. The fourth-order valence-corrected chi connectivity index (χ4v) is 6.17. The number of ether oxygens (including phenoxy) is 4. The normalized spacial score (nSPS) is 17.2. The number of rotatable bonds is 9. The number of benzene rings is 3. The van der Waals surface area contributed by atoms with E-state index < -0.39 is 30.9 Å². The second-order valence-electron chi connectivity index (χ2n) is 8.31. The second kappa shape index (κ2) is 11.0. The van der Waals surface area contributed by atoms with E-state index in [1.165, 1.54) is 57.7 Å². The van der Waals surface area contributed by atoms with Crippen molar-refractivity contribution in [2.75, 3.05) is 32.8 Å². The zero-order valence-corrected chi connectivity index (χ0v) is 22.4. The third-order valence-electron chi connectivity index (χ3n) is 6.08. The molecule has 1 fully saturated rings. The van der Waals surface area contributed by atoms with Crippen molar-refractivity contribution in [1.82, 2.24) is 0 Å². The molecule has 0 saturated carbocycles. The fraction of sp³-hybridized carbons (Fsp3) is 0.222. The van der Waals surface area contributed by atoms with Gasteiger partial charge in [0.05, 0.1) is 32.9 Å². The Labute approximate surface area is 225 Å². The van der Waals surface area contributed by atoms with Gasteiger partial charge in [-0.2, -0.15) is 0 Å². The molecule has 1 aliphatic rings. The summed E-state index contributed by atoms with van der Waals surface area (Å²) in [6, 6.07) is 14.6. The van der Waals surface area contributed by atoms with Crippen LogP contribution in [0.25, 0.3) is 6.08 Å². The molecule has 39 heavy (non-hydrogen) atoms. The molecule has 1 amide bonds. The van der Waals surface area contributed by atoms with Gasteiger partial charge in [-0.25, -0.2) is 8.42 Å². The van der Waals surface area contributed by atoms with Gasteiger partial charge in [0.2, 0.25) is 9.84 Å². The van der Waals surface area contributed by atoms with Gasteiger partial charge in [0, 0.05) is 29.4 Å². The van der Waals surface area contributed by atoms with Crippen molar-refractivity contribution < 1.29 is 37.1 Å². The average molecular weight is 555 g/mol. The number of nitro benzene ring substituents is 1. The Morgan fingerprint density at radius 2 is 1.59 bits per heavy atom. The summed E-state index contributed by atoms with van der Waals surface area (Å²) >= 11 is 0. The average Bonchev–Trinajstić information content (AvgIpc) is 3.13. The maximum atomic E-state index is 14.0. The zero-order valence-electron chi connectivity index (χ0n) is 21.6. The number of methoxy groups -OCH3 is 3. The number of anilines is 1. The number of nitrogens with zero attached hydrogens (tertiary/aromatic N) is 2. The molecule has 0 aliphatic carbocycles. The van der Waals surface area contributed by atoms with E-state index in [9.17, 15) is 23.3 Å². The highest BCUT2D eigenvalue weighted by atomic mass is 32.2. The van der Waals surface area contributed by atoms with Crippen molar-refractivity contribution >= 4 is 33.2 Å². The first-order valence-corrected chi connectivity index (χ1v) is 13.3. The first kappa shape index (κ1) is 27.5. The molecule has 204 valence electrons. The highest BCUT2D eigenvalue weighted by molar-refractivity contribution is 7.97. The maximum Gasteiger partial charge on any atom is 0.271 e. The van der Waals surface area contributed by atoms with Crippen LogP contribution in [0.4, 0.5) is 11.4 Å². The Hall–Kier alpha value is -4.58. The smallest absolute Gasteiger partial charge is 0.271 e. The minimum absolute atomic E-state index is 0.0640. The summed E-state index contributed by atoms with van der Waals surface area (Å²) in [5.74, 6) is 0.616. The van der Waals surface area contributed by atoms with Crippen LogP contribution in [0.5, 0.6) is 23.0 Å². The number of amides is 1. The molecule has 0 N–H and O–H groups in total. The van der Waals surface area contributed by atoms with E-state index in [0.29, 0.717) is 23.9 Å². The number of hydrogen-bond acceptors (Lipinski definition) is 9. The van der Waals surface area contributed by atoms with Gasteiger partial charge in [-0.15, -0.1) is 0 Å². The Bertz CT molecular complexity index is 1550. The van der Waals surface area contributed by atoms with E-state index in [0.717, 1.165) is 11.0 Å². The van der Waals surface area contributed by atoms with Gasteiger partial charge in [0.1, 0.15) is 16.4 Å². The van der Waals surface area contributed by atoms with E-state index in [4.69, 9.17) is 18.9 Å². The van der Waals surface area contributed by atoms with Crippen molar-refractivity contribution in [3.63, 3.8) is 0 Å². The van der Waals surface area contributed by atoms with Crippen LogP contribution in [0.3, 0.4) is 0 Å². The Kier molecular flexibility index (Phi) is 7.77. The Morgan fingerprint density at radius 1 is 0.949 bits per heavy atom. The lowest BCUT2D eigenvalue weighted by Gasteiger charge is -2.23. The minimum atomic E-state index is -4.39. The fourth-order valence-electron chi connectivity index (χ4n) is 4.30. The van der Waals surface area contributed by atoms with Crippen molar-refractivity contribution in [3.8, 4) is 23.0 Å². The number of hydrogen-bond donors (Lipinski definition) is 0. The molecule has 3 aromatic rings. The van der Waals surface area contributed by atoms with E-state index in [-0.39, 0.29) is 28.3 Å². The van der Waals surface area contributed by atoms with Gasteiger partial charge >= 0.3 is 0 Å². The minimum Gasteiger partial charge on any atom is -0.496 e. The summed E-state index contributed by atoms with van der Waals surface area (Å²) < 4.78 is 49.5. The molecule has 12 heteroatoms. The van der Waals surface area contributed by atoms with Gasteiger partial charge in [-0.05, 0) is 48.9 Å². The lowest BCUT2D eigenvalue weighted by Crippen LogP contribution is -2.29. The van der Waals surface area contributed by atoms with Gasteiger partial charge in [-0.1, -0.05) is 12.1 Å². The zero-order chi connectivity index (χ0) is 28.3. The first-order valence-electron chi connectivity index (χ1n) is 11.7. The van der Waals surface area contributed by atoms with Crippen LogP contribution in [-0.2, 0) is 14.6 Å². The molecule has 4 rings (SSSR count). The molecular weight excluding hydrogens is 528 g/mol. The number of carbonyl (C=O) groups excluding carboxylic acids is 1. The van der Waals surface area contributed by atoms with Gasteiger partial charge in [0.25, 0.3) is 11.6 Å². The predicted octanol–water partition coefficient (Wildman–Crippen LogP) is 4.52. The topological polar surface area (TPSA) is 135 Å². The van der Waals surface area contributed by atoms with Crippen LogP contribution in [-0.4, -0.2) is 47.2 Å². The predicted molar refractivity (Wildman–Crippen MR) is 144 cm³/mol. The molecule has 0 radical (unpaired) electrons. The standard InChI is InChI=1S/C27H26N2O9S/c1-5-38-21-11-9-19(10-12-21)28-26(30)25(15-18-14-23(36-3)24(37-4)16-22(18)35-2)39(33,34)27(28)17-7-6-8-20(13-17)29(31)32/h6-16,27H,5H2,1-4H3/b25-15+/t27-/m0/s1. The van der Waals surface area contributed by atoms with E-state index in [2.05, 4.69) is 0 Å². The summed E-state index contributed by atoms with van der Waals surface area (Å²) in [6.45, 7) is 2.25. The number of sulfone groups is 1. The monoisotopic (exact) mass is 554 g/mol. The van der Waals surface area contributed by atoms with Crippen molar-refractivity contribution in [2.45, 2.75) is 12.3 Å². The van der Waals surface area contributed by atoms with Gasteiger partial charge < -0.3 is 18.9 Å². The summed E-state index contributed by atoms with van der Waals surface area (Å²) in [6.07, 6.45) is 1.21. The Morgan fingerprint density at radius 3 is 2.18 bits per heavy atom. The van der Waals surface area contributed by atoms with Crippen molar-refractivity contribution in [3.05, 3.63) is 86.8 Å². The molecule has 3 aromatic carbocycles. The van der Waals surface area contributed by atoms with Crippen LogP contribution < -0.4 is 23.8 Å². The van der Waals surface area contributed by atoms with Crippen LogP contribution in [0.15, 0.2) is 65.6 Å². The largest absolute Gasteiger partial charge is 0.496 e. The molecule has 0 aromatic heterocycles. The second-order valence-corrected chi connectivity index (χ2v) is 10.3. The maximum absolute atomic E-state index is 14.0. The lowest BCUT2D eigenvalue weighted by molar-refractivity contribution is -0.384. The van der Waals surface area contributed by atoms with Crippen molar-refractivity contribution in [1.29, 1.82) is 0 Å². The molecule has 1 heterocycles. The molecule has 0 bridgehead atoms. The lowest BCUT2D eigenvalue weighted by atomic mass is 10.1. The molecular formula is C27H26N2O9S. The molecule has 1 atom stereocenters. The summed E-state index contributed by atoms with van der Waals surface area (Å²) in [5.41, 5.74) is 0.287. The van der Waals surface area contributed by atoms with Crippen LogP contribution >= 0.6 is 0 Å². The van der Waals surface area contributed by atoms with E-state index >= 15 is 0 Å². The third-order valence-corrected chi connectivity index (χ3v) is 8.06. The van der Waals surface area contributed by atoms with Crippen LogP contribution in [0, 0.1) is 10.1 Å². The highest BCUT2D eigenvalue weighted by Gasteiger charge is 2.50. The van der Waals surface area contributed by atoms with Crippen LogP contribution in [0.2, 0.25) is 0 Å². The number of nitro groups is 1. The molecule has 1 aliphatic heterocycles. The molecule has 11 nitrogen and oxygen atoms in total. The van der Waals surface area contributed by atoms with Gasteiger partial charge in [0.15, 0.2) is 16.9 Å². The SMILES string of the molecule is CCOc1ccc(N2C(=O)/C(=C\c3cc(OC)c(OC)cc3OC)S(=O)(=O)[C@H]2c2cccc([N+](=O)[O-])c2)cc1. The van der Waals surface area contributed by atoms with E-state index in [1.807, 2.05) is 6.92 Å². The molecule has 1 saturated heterocycles. The third kappa shape index (κ3) is 5.10. The van der Waals surface area contributed by atoms with Gasteiger partial charge in [-0.3, -0.25) is 19.8 Å². The summed E-state index contributed by atoms with van der Waals surface area (Å²) in [4.78, 5) is 25.2. The van der Waals surface area contributed by atoms with Crippen LogP contribution in [0.1, 0.15) is 23.4 Å². The molecule has 0 unspecified atom stereocenters. The van der Waals surface area contributed by atoms with Crippen molar-refractivity contribution in [2.24, 2.45) is 0 Å².